The van der Waals surface area contributed by atoms with Crippen LogP contribution in [0.25, 0.3) is 0 Å². The first-order chi connectivity index (χ1) is 3.93. The third-order valence-corrected chi connectivity index (χ3v) is 0.997. The van der Waals surface area contributed by atoms with Crippen LogP contribution in [0.4, 0.5) is 4.39 Å². The fourth-order valence-electron chi connectivity index (χ4n) is 0.567. The van der Waals surface area contributed by atoms with Crippen LogP contribution in [0.5, 0.6) is 0 Å². The lowest BCUT2D eigenvalue weighted by Crippen LogP contribution is -1.72. The summed E-state index contributed by atoms with van der Waals surface area (Å²) in [5.41, 5.74) is 0.743. The fraction of sp³-hybridized carbons (Fsp3) is 0.143. The second-order valence-electron chi connectivity index (χ2n) is 1.62. The Balaban J connectivity index is 2.83. The molecule has 42 valence electrons. The fourth-order valence-corrected chi connectivity index (χ4v) is 0.567. The van der Waals surface area contributed by atoms with Crippen molar-refractivity contribution in [2.75, 3.05) is 0 Å². The standard InChI is InChI=1S/C7H7F/c8-6-7-4-2-1-3-5-7/h1-5H,6H2/i8-1. The third kappa shape index (κ3) is 1.06. The Kier molecular flexibility index (Phi) is 1.62. The van der Waals surface area contributed by atoms with E-state index in [4.69, 9.17) is 0 Å². The molecule has 0 saturated heterocycles. The van der Waals surface area contributed by atoms with Gasteiger partial charge in [0.25, 0.3) is 0 Å². The van der Waals surface area contributed by atoms with E-state index >= 15 is 0 Å². The van der Waals surface area contributed by atoms with Gasteiger partial charge >= 0.3 is 0 Å². The Hall–Kier alpha value is -0.850. The summed E-state index contributed by atoms with van der Waals surface area (Å²) >= 11 is 0. The molecule has 0 fully saturated rings. The van der Waals surface area contributed by atoms with Gasteiger partial charge in [0.1, 0.15) is 6.67 Å². The first-order valence-electron chi connectivity index (χ1n) is 2.53. The van der Waals surface area contributed by atoms with Gasteiger partial charge in [-0.15, -0.1) is 0 Å². The number of benzene rings is 1. The molecule has 1 aromatic rings. The molecule has 0 spiro atoms. The van der Waals surface area contributed by atoms with Crippen LogP contribution >= 0.6 is 0 Å². The zero-order valence-electron chi connectivity index (χ0n) is 4.47. The van der Waals surface area contributed by atoms with E-state index in [0.29, 0.717) is 0 Å². The highest BCUT2D eigenvalue weighted by Crippen LogP contribution is 1.98. The van der Waals surface area contributed by atoms with Crippen LogP contribution in [0.1, 0.15) is 5.56 Å². The average Bonchev–Trinajstić information content (AvgIpc) is 1.90. The van der Waals surface area contributed by atoms with E-state index in [-0.39, 0.29) is 6.67 Å². The second-order valence-corrected chi connectivity index (χ2v) is 1.62. The first kappa shape index (κ1) is 5.29. The lowest BCUT2D eigenvalue weighted by molar-refractivity contribution is 0.485. The van der Waals surface area contributed by atoms with E-state index in [9.17, 15) is 4.39 Å². The minimum atomic E-state index is -0.360. The number of hydrogen-bond acceptors (Lipinski definition) is 0. The molecule has 0 N–H and O–H groups in total. The van der Waals surface area contributed by atoms with Crippen molar-refractivity contribution >= 4 is 0 Å². The van der Waals surface area contributed by atoms with Gasteiger partial charge in [-0.3, -0.25) is 0 Å². The van der Waals surface area contributed by atoms with Crippen molar-refractivity contribution in [3.63, 3.8) is 0 Å². The van der Waals surface area contributed by atoms with Crippen LogP contribution in [0, 0.1) is 0 Å². The summed E-state index contributed by atoms with van der Waals surface area (Å²) in [5.74, 6) is 0. The van der Waals surface area contributed by atoms with E-state index in [2.05, 4.69) is 0 Å². The van der Waals surface area contributed by atoms with Crippen molar-refractivity contribution in [3.05, 3.63) is 35.9 Å². The number of rotatable bonds is 1. The van der Waals surface area contributed by atoms with Crippen molar-refractivity contribution in [2.24, 2.45) is 0 Å². The molecular weight excluding hydrogens is 102 g/mol. The zero-order valence-corrected chi connectivity index (χ0v) is 4.47. The van der Waals surface area contributed by atoms with Crippen LogP contribution in [-0.2, 0) is 6.67 Å². The SMILES string of the molecule is [18F]Cc1ccccc1. The molecule has 0 nitrogen and oxygen atoms in total. The average molecular weight is 109 g/mol. The maximum absolute atomic E-state index is 11.7. The van der Waals surface area contributed by atoms with Gasteiger partial charge < -0.3 is 0 Å². The summed E-state index contributed by atoms with van der Waals surface area (Å²) in [6, 6.07) is 9.06. The summed E-state index contributed by atoms with van der Waals surface area (Å²) in [5, 5.41) is 0. The van der Waals surface area contributed by atoms with E-state index in [0.717, 1.165) is 5.56 Å². The molecule has 0 bridgehead atoms. The quantitative estimate of drug-likeness (QED) is 0.518. The van der Waals surface area contributed by atoms with Crippen molar-refractivity contribution in [2.45, 2.75) is 6.67 Å². The molecule has 0 aliphatic heterocycles. The van der Waals surface area contributed by atoms with E-state index in [1.807, 2.05) is 18.2 Å². The van der Waals surface area contributed by atoms with Crippen LogP contribution in [0.15, 0.2) is 30.3 Å². The zero-order chi connectivity index (χ0) is 5.82. The molecule has 1 rings (SSSR count). The third-order valence-electron chi connectivity index (χ3n) is 0.997. The minimum absolute atomic E-state index is 0.360. The number of halogens is 1. The summed E-state index contributed by atoms with van der Waals surface area (Å²) in [6.45, 7) is -0.360. The van der Waals surface area contributed by atoms with Gasteiger partial charge in [-0.25, -0.2) is 4.39 Å². The molecule has 0 heterocycles. The van der Waals surface area contributed by atoms with Gasteiger partial charge in [0.15, 0.2) is 0 Å². The smallest absolute Gasteiger partial charge is 0.115 e. The molecule has 0 aliphatic rings. The molecule has 1 aromatic carbocycles. The first-order valence-corrected chi connectivity index (χ1v) is 2.53. The van der Waals surface area contributed by atoms with Crippen LogP contribution < -0.4 is 0 Å². The largest absolute Gasteiger partial charge is 0.246 e. The maximum atomic E-state index is 11.7. The Morgan fingerprint density at radius 1 is 1.12 bits per heavy atom. The summed E-state index contributed by atoms with van der Waals surface area (Å²) in [7, 11) is 0. The molecule has 0 radical (unpaired) electrons. The summed E-state index contributed by atoms with van der Waals surface area (Å²) in [4.78, 5) is 0. The monoisotopic (exact) mass is 109 g/mol. The van der Waals surface area contributed by atoms with Crippen LogP contribution in [-0.4, -0.2) is 0 Å². The van der Waals surface area contributed by atoms with Gasteiger partial charge in [-0.1, -0.05) is 30.3 Å². The van der Waals surface area contributed by atoms with Crippen LogP contribution in [0.2, 0.25) is 0 Å². The molecule has 0 saturated carbocycles. The number of hydrogen-bond donors (Lipinski definition) is 0. The predicted molar refractivity (Wildman–Crippen MR) is 31.3 cm³/mol. The molecule has 0 aromatic heterocycles. The van der Waals surface area contributed by atoms with Gasteiger partial charge in [0.05, 0.1) is 0 Å². The number of alkyl halides is 1. The van der Waals surface area contributed by atoms with Gasteiger partial charge in [-0.2, -0.15) is 0 Å². The molecule has 0 aliphatic carbocycles. The van der Waals surface area contributed by atoms with E-state index < -0.39 is 0 Å². The van der Waals surface area contributed by atoms with E-state index in [1.165, 1.54) is 0 Å². The Morgan fingerprint density at radius 2 is 1.75 bits per heavy atom. The Bertz CT molecular complexity index is 146. The van der Waals surface area contributed by atoms with Gasteiger partial charge in [0.2, 0.25) is 0 Å². The summed E-state index contributed by atoms with van der Waals surface area (Å²) in [6.07, 6.45) is 0. The molecular formula is C7H7F. The van der Waals surface area contributed by atoms with Crippen molar-refractivity contribution in [1.29, 1.82) is 0 Å². The normalized spacial score (nSPS) is 9.12. The van der Waals surface area contributed by atoms with Gasteiger partial charge in [0, 0.05) is 0 Å². The van der Waals surface area contributed by atoms with Gasteiger partial charge in [-0.05, 0) is 5.56 Å². The molecule has 8 heavy (non-hydrogen) atoms. The van der Waals surface area contributed by atoms with Crippen molar-refractivity contribution in [1.82, 2.24) is 0 Å². The maximum Gasteiger partial charge on any atom is 0.115 e. The Labute approximate surface area is 48.0 Å². The molecule has 1 heteroatoms. The van der Waals surface area contributed by atoms with Crippen molar-refractivity contribution in [3.8, 4) is 0 Å². The molecule has 0 atom stereocenters. The van der Waals surface area contributed by atoms with Crippen molar-refractivity contribution < 1.29 is 4.39 Å². The Morgan fingerprint density at radius 3 is 2.12 bits per heavy atom. The second kappa shape index (κ2) is 2.46. The highest BCUT2D eigenvalue weighted by molar-refractivity contribution is 5.13. The minimum Gasteiger partial charge on any atom is -0.246 e. The highest BCUT2D eigenvalue weighted by atomic mass is 18.2. The van der Waals surface area contributed by atoms with Crippen LogP contribution in [0.3, 0.4) is 0 Å². The lowest BCUT2D eigenvalue weighted by Gasteiger charge is -1.87. The topological polar surface area (TPSA) is 0 Å². The molecule has 0 unspecified atom stereocenters. The lowest BCUT2D eigenvalue weighted by atomic mass is 10.2. The summed E-state index contributed by atoms with van der Waals surface area (Å²) < 4.78 is 11.7. The highest BCUT2D eigenvalue weighted by Gasteiger charge is 1.82. The predicted octanol–water partition coefficient (Wildman–Crippen LogP) is 2.16. The van der Waals surface area contributed by atoms with E-state index in [1.54, 1.807) is 12.1 Å². The molecule has 0 amide bonds.